The number of hydrogen-bond acceptors (Lipinski definition) is 6. The highest BCUT2D eigenvalue weighted by molar-refractivity contribution is 6.46. The van der Waals surface area contributed by atoms with Crippen LogP contribution in [0.3, 0.4) is 0 Å². The van der Waals surface area contributed by atoms with Crippen molar-refractivity contribution in [3.63, 3.8) is 0 Å². The molecule has 1 fully saturated rings. The first-order valence-corrected chi connectivity index (χ1v) is 11.1. The zero-order valence-electron chi connectivity index (χ0n) is 19.5. The van der Waals surface area contributed by atoms with Gasteiger partial charge < -0.3 is 28.9 Å². The van der Waals surface area contributed by atoms with Gasteiger partial charge in [0.1, 0.15) is 28.6 Å². The van der Waals surface area contributed by atoms with E-state index in [1.165, 1.54) is 25.4 Å². The van der Waals surface area contributed by atoms with Crippen LogP contribution in [0.15, 0.2) is 70.9 Å². The summed E-state index contributed by atoms with van der Waals surface area (Å²) in [6, 6.07) is 15.3. The topological polar surface area (TPSA) is 105 Å². The lowest BCUT2D eigenvalue weighted by molar-refractivity contribution is -0.140. The molecule has 0 radical (unpaired) electrons. The average molecular weight is 472 g/mol. The van der Waals surface area contributed by atoms with E-state index in [4.69, 9.17) is 13.9 Å². The van der Waals surface area contributed by atoms with Crippen LogP contribution in [0.25, 0.3) is 16.7 Å². The van der Waals surface area contributed by atoms with Crippen LogP contribution >= 0.6 is 0 Å². The number of ether oxygens (including phenoxy) is 2. The molecular weight excluding hydrogens is 448 g/mol. The molecule has 1 saturated heterocycles. The van der Waals surface area contributed by atoms with Gasteiger partial charge in [0.25, 0.3) is 11.7 Å². The van der Waals surface area contributed by atoms with Gasteiger partial charge in [0.15, 0.2) is 0 Å². The molecule has 1 atom stereocenters. The second kappa shape index (κ2) is 8.72. The Hall–Kier alpha value is -4.46. The summed E-state index contributed by atoms with van der Waals surface area (Å²) < 4.78 is 16.4. The van der Waals surface area contributed by atoms with Gasteiger partial charge in [-0.15, -0.1) is 0 Å². The lowest BCUT2D eigenvalue weighted by Gasteiger charge is -2.25. The number of carbonyl (C=O) groups excluding carboxylic acids is 2. The molecule has 4 aromatic rings. The minimum absolute atomic E-state index is 0.0443. The van der Waals surface area contributed by atoms with Gasteiger partial charge in [-0.2, -0.15) is 0 Å². The standard InChI is InChI=1S/C27H24N2O6/c1-15-21(17-9-4-5-10-18(17)28-15)24-23(25(30)22-19(33-2)11-6-12-20(22)34-3)26(31)27(32)29(24)14-16-8-7-13-35-16/h4-13,24,28,30H,14H2,1-3H3/b25-23+. The highest BCUT2D eigenvalue weighted by Crippen LogP contribution is 2.46. The van der Waals surface area contributed by atoms with Crippen molar-refractivity contribution in [2.24, 2.45) is 0 Å². The van der Waals surface area contributed by atoms with Crippen LogP contribution in [0.2, 0.25) is 0 Å². The third-order valence-electron chi connectivity index (χ3n) is 6.33. The van der Waals surface area contributed by atoms with E-state index >= 15 is 0 Å². The number of nitrogens with zero attached hydrogens (tertiary/aromatic N) is 1. The highest BCUT2D eigenvalue weighted by atomic mass is 16.5. The Morgan fingerprint density at radius 2 is 1.74 bits per heavy atom. The van der Waals surface area contributed by atoms with Gasteiger partial charge in [0.2, 0.25) is 0 Å². The van der Waals surface area contributed by atoms with Crippen molar-refractivity contribution in [1.82, 2.24) is 9.88 Å². The second-order valence-electron chi connectivity index (χ2n) is 8.25. The van der Waals surface area contributed by atoms with Crippen molar-refractivity contribution in [1.29, 1.82) is 0 Å². The van der Waals surface area contributed by atoms with Gasteiger partial charge in [0, 0.05) is 22.2 Å². The summed E-state index contributed by atoms with van der Waals surface area (Å²) >= 11 is 0. The molecule has 1 aliphatic heterocycles. The van der Waals surface area contributed by atoms with Crippen molar-refractivity contribution < 1.29 is 28.6 Å². The summed E-state index contributed by atoms with van der Waals surface area (Å²) in [5, 5.41) is 12.4. The molecule has 8 nitrogen and oxygen atoms in total. The average Bonchev–Trinajstić information content (AvgIpc) is 3.56. The summed E-state index contributed by atoms with van der Waals surface area (Å²) in [6.45, 7) is 1.94. The Morgan fingerprint density at radius 3 is 2.40 bits per heavy atom. The van der Waals surface area contributed by atoms with Crippen molar-refractivity contribution in [2.45, 2.75) is 19.5 Å². The number of methoxy groups -OCH3 is 2. The van der Waals surface area contributed by atoms with Gasteiger partial charge in [-0.25, -0.2) is 0 Å². The number of nitrogens with one attached hydrogen (secondary N) is 1. The smallest absolute Gasteiger partial charge is 0.296 e. The van der Waals surface area contributed by atoms with E-state index in [-0.39, 0.29) is 23.4 Å². The number of rotatable bonds is 6. The van der Waals surface area contributed by atoms with Crippen LogP contribution in [-0.4, -0.2) is 40.9 Å². The predicted molar refractivity (Wildman–Crippen MR) is 129 cm³/mol. The summed E-state index contributed by atoms with van der Waals surface area (Å²) in [4.78, 5) is 31.6. The summed E-state index contributed by atoms with van der Waals surface area (Å²) in [6.07, 6.45) is 1.51. The SMILES string of the molecule is COc1cccc(OC)c1/C(O)=C1\C(=O)C(=O)N(Cc2ccco2)C1c1c(C)[nH]c2ccccc12. The normalized spacial score (nSPS) is 17.3. The van der Waals surface area contributed by atoms with E-state index < -0.39 is 17.7 Å². The number of aromatic amines is 1. The van der Waals surface area contributed by atoms with Gasteiger partial charge in [0.05, 0.1) is 38.6 Å². The molecule has 0 saturated carbocycles. The van der Waals surface area contributed by atoms with Crippen LogP contribution in [0.5, 0.6) is 11.5 Å². The van der Waals surface area contributed by atoms with E-state index in [1.807, 2.05) is 31.2 Å². The number of para-hydroxylation sites is 1. The quantitative estimate of drug-likeness (QED) is 0.239. The van der Waals surface area contributed by atoms with E-state index in [0.29, 0.717) is 17.3 Å². The minimum atomic E-state index is -0.870. The lowest BCUT2D eigenvalue weighted by Crippen LogP contribution is -2.29. The zero-order valence-corrected chi connectivity index (χ0v) is 19.5. The number of aromatic nitrogens is 1. The van der Waals surface area contributed by atoms with E-state index in [1.54, 1.807) is 30.3 Å². The second-order valence-corrected chi connectivity index (χ2v) is 8.25. The van der Waals surface area contributed by atoms with Crippen molar-refractivity contribution in [3.8, 4) is 11.5 Å². The molecule has 0 aliphatic carbocycles. The fourth-order valence-electron chi connectivity index (χ4n) is 4.78. The number of fused-ring (bicyclic) bond motifs is 1. The Kier molecular flexibility index (Phi) is 5.56. The molecule has 0 spiro atoms. The Bertz CT molecular complexity index is 1440. The number of benzene rings is 2. The number of hydrogen-bond donors (Lipinski definition) is 2. The van der Waals surface area contributed by atoms with Crippen molar-refractivity contribution in [3.05, 3.63) is 89.0 Å². The first kappa shape index (κ1) is 22.3. The predicted octanol–water partition coefficient (Wildman–Crippen LogP) is 4.71. The molecule has 2 N–H and O–H groups in total. The van der Waals surface area contributed by atoms with Crippen LogP contribution < -0.4 is 9.47 Å². The third kappa shape index (κ3) is 3.54. The van der Waals surface area contributed by atoms with Gasteiger partial charge >= 0.3 is 0 Å². The highest BCUT2D eigenvalue weighted by Gasteiger charge is 2.48. The number of H-pyrrole nitrogens is 1. The number of ketones is 1. The molecule has 1 amide bonds. The Balaban J connectivity index is 1.80. The molecule has 0 bridgehead atoms. The largest absolute Gasteiger partial charge is 0.506 e. The number of aliphatic hydroxyl groups is 1. The molecule has 2 aromatic heterocycles. The number of carbonyl (C=O) groups is 2. The minimum Gasteiger partial charge on any atom is -0.506 e. The van der Waals surface area contributed by atoms with E-state index in [2.05, 4.69) is 4.98 Å². The Morgan fingerprint density at radius 1 is 1.03 bits per heavy atom. The first-order valence-electron chi connectivity index (χ1n) is 11.1. The maximum atomic E-state index is 13.5. The number of amides is 1. The number of Topliss-reactive ketones (excluding diaryl/α,β-unsaturated/α-hetero) is 1. The first-order chi connectivity index (χ1) is 17.0. The number of aliphatic hydroxyl groups excluding tert-OH is 1. The molecule has 5 rings (SSSR count). The van der Waals surface area contributed by atoms with E-state index in [9.17, 15) is 14.7 Å². The summed E-state index contributed by atoms with van der Waals surface area (Å²) in [7, 11) is 2.92. The summed E-state index contributed by atoms with van der Waals surface area (Å²) in [5.74, 6) is -0.747. The lowest BCUT2D eigenvalue weighted by atomic mass is 9.92. The van der Waals surface area contributed by atoms with Crippen molar-refractivity contribution in [2.75, 3.05) is 14.2 Å². The van der Waals surface area contributed by atoms with Crippen LogP contribution in [0.1, 0.15) is 28.6 Å². The molecule has 3 heterocycles. The van der Waals surface area contributed by atoms with Crippen LogP contribution in [-0.2, 0) is 16.1 Å². The molecule has 2 aromatic carbocycles. The fourth-order valence-corrected chi connectivity index (χ4v) is 4.78. The van der Waals surface area contributed by atoms with Crippen molar-refractivity contribution >= 4 is 28.4 Å². The summed E-state index contributed by atoms with van der Waals surface area (Å²) in [5.41, 5.74) is 2.52. The number of furan rings is 1. The molecule has 178 valence electrons. The van der Waals surface area contributed by atoms with Gasteiger partial charge in [-0.1, -0.05) is 24.3 Å². The van der Waals surface area contributed by atoms with Crippen LogP contribution in [0.4, 0.5) is 0 Å². The van der Waals surface area contributed by atoms with Crippen LogP contribution in [0, 0.1) is 6.92 Å². The van der Waals surface area contributed by atoms with Gasteiger partial charge in [-0.05, 0) is 37.3 Å². The maximum Gasteiger partial charge on any atom is 0.296 e. The monoisotopic (exact) mass is 472 g/mol. The zero-order chi connectivity index (χ0) is 24.7. The van der Waals surface area contributed by atoms with Gasteiger partial charge in [-0.3, -0.25) is 9.59 Å². The Labute approximate surface area is 201 Å². The molecule has 35 heavy (non-hydrogen) atoms. The fraction of sp³-hybridized carbons (Fsp3) is 0.185. The van der Waals surface area contributed by atoms with E-state index in [0.717, 1.165) is 22.2 Å². The molecule has 1 aliphatic rings. The maximum absolute atomic E-state index is 13.5. The molecular formula is C27H24N2O6. The molecule has 1 unspecified atom stereocenters. The third-order valence-corrected chi connectivity index (χ3v) is 6.33. The number of aryl methyl sites for hydroxylation is 1. The molecule has 8 heteroatoms. The number of likely N-dealkylation sites (tertiary alicyclic amines) is 1.